The lowest BCUT2D eigenvalue weighted by Crippen LogP contribution is -2.35. The molecule has 1 aliphatic heterocycles. The number of benzene rings is 1. The second-order valence-corrected chi connectivity index (χ2v) is 8.01. The van der Waals surface area contributed by atoms with Crippen molar-refractivity contribution in [3.63, 3.8) is 0 Å². The van der Waals surface area contributed by atoms with Crippen molar-refractivity contribution in [2.24, 2.45) is 0 Å². The number of ether oxygens (including phenoxy) is 1. The van der Waals surface area contributed by atoms with Crippen molar-refractivity contribution < 1.29 is 13.7 Å². The molecule has 1 saturated heterocycles. The molecule has 20 heavy (non-hydrogen) atoms. The van der Waals surface area contributed by atoms with Crippen molar-refractivity contribution in [2.75, 3.05) is 13.2 Å². The Labute approximate surface area is 122 Å². The van der Waals surface area contributed by atoms with Crippen LogP contribution in [0.4, 0.5) is 0 Å². The van der Waals surface area contributed by atoms with Gasteiger partial charge in [0.1, 0.15) is 11.0 Å². The number of carbonyl (C=O) groups excluding carboxylic acids is 1. The summed E-state index contributed by atoms with van der Waals surface area (Å²) in [6.07, 6.45) is 0. The summed E-state index contributed by atoms with van der Waals surface area (Å²) in [4.78, 5) is 12.4. The van der Waals surface area contributed by atoms with E-state index in [-0.39, 0.29) is 5.97 Å². The molecule has 1 unspecified atom stereocenters. The van der Waals surface area contributed by atoms with Crippen molar-refractivity contribution in [3.8, 4) is 0 Å². The van der Waals surface area contributed by atoms with Gasteiger partial charge in [0, 0.05) is 6.54 Å². The molecule has 0 aromatic heterocycles. The summed E-state index contributed by atoms with van der Waals surface area (Å²) in [5, 5.41) is 0. The van der Waals surface area contributed by atoms with Gasteiger partial charge in [0.05, 0.1) is 11.4 Å². The zero-order valence-corrected chi connectivity index (χ0v) is 13.2. The lowest BCUT2D eigenvalue weighted by Gasteiger charge is -2.22. The van der Waals surface area contributed by atoms with E-state index in [0.717, 1.165) is 5.56 Å². The molecule has 0 bridgehead atoms. The van der Waals surface area contributed by atoms with Gasteiger partial charge >= 0.3 is 5.97 Å². The predicted octanol–water partition coefficient (Wildman–Crippen LogP) is 2.22. The molecule has 0 N–H and O–H groups in total. The van der Waals surface area contributed by atoms with E-state index in [1.54, 1.807) is 11.2 Å². The summed E-state index contributed by atoms with van der Waals surface area (Å²) >= 11 is 0. The first-order chi connectivity index (χ1) is 9.34. The van der Waals surface area contributed by atoms with Crippen LogP contribution >= 0.6 is 0 Å². The SMILES string of the molecule is CCOC(=O)[C@]1(c2ccccc2)CN1[S@@](=O)C(C)(C)C. The number of rotatable bonds is 4. The molecule has 5 heteroatoms. The molecule has 110 valence electrons. The molecule has 2 rings (SSSR count). The van der Waals surface area contributed by atoms with E-state index in [4.69, 9.17) is 4.74 Å². The number of carbonyl (C=O) groups is 1. The van der Waals surface area contributed by atoms with Crippen LogP contribution in [0.5, 0.6) is 0 Å². The van der Waals surface area contributed by atoms with Gasteiger partial charge < -0.3 is 4.74 Å². The maximum absolute atomic E-state index is 12.6. The summed E-state index contributed by atoms with van der Waals surface area (Å²) in [6, 6.07) is 9.43. The third kappa shape index (κ3) is 2.52. The molecule has 0 spiro atoms. The van der Waals surface area contributed by atoms with Crippen LogP contribution in [-0.2, 0) is 26.1 Å². The van der Waals surface area contributed by atoms with E-state index < -0.39 is 21.3 Å². The number of hydrogen-bond acceptors (Lipinski definition) is 3. The molecule has 0 saturated carbocycles. The van der Waals surface area contributed by atoms with E-state index in [2.05, 4.69) is 0 Å². The van der Waals surface area contributed by atoms with Crippen molar-refractivity contribution in [3.05, 3.63) is 35.9 Å². The van der Waals surface area contributed by atoms with Crippen LogP contribution in [0.3, 0.4) is 0 Å². The molecule has 1 aliphatic rings. The fraction of sp³-hybridized carbons (Fsp3) is 0.533. The Morgan fingerprint density at radius 3 is 2.45 bits per heavy atom. The Bertz CT molecular complexity index is 524. The van der Waals surface area contributed by atoms with Gasteiger partial charge in [-0.1, -0.05) is 30.3 Å². The zero-order valence-electron chi connectivity index (χ0n) is 12.4. The van der Waals surface area contributed by atoms with Crippen LogP contribution in [0.2, 0.25) is 0 Å². The summed E-state index contributed by atoms with van der Waals surface area (Å²) in [7, 11) is -1.24. The average molecular weight is 295 g/mol. The van der Waals surface area contributed by atoms with Crippen LogP contribution in [0, 0.1) is 0 Å². The summed E-state index contributed by atoms with van der Waals surface area (Å²) in [5.41, 5.74) is -0.0360. The minimum atomic E-state index is -1.24. The summed E-state index contributed by atoms with van der Waals surface area (Å²) in [6.45, 7) is 8.26. The van der Waals surface area contributed by atoms with Crippen molar-refractivity contribution in [2.45, 2.75) is 38.0 Å². The molecule has 1 fully saturated rings. The van der Waals surface area contributed by atoms with Gasteiger partial charge in [0.15, 0.2) is 5.54 Å². The normalized spacial score (nSPS) is 26.9. The highest BCUT2D eigenvalue weighted by atomic mass is 32.2. The van der Waals surface area contributed by atoms with Gasteiger partial charge in [0.25, 0.3) is 0 Å². The Morgan fingerprint density at radius 2 is 1.95 bits per heavy atom. The molecule has 4 nitrogen and oxygen atoms in total. The Hall–Kier alpha value is -1.20. The second kappa shape index (κ2) is 5.30. The zero-order chi connectivity index (χ0) is 15.0. The molecule has 0 radical (unpaired) electrons. The largest absolute Gasteiger partial charge is 0.464 e. The topological polar surface area (TPSA) is 46.4 Å². The summed E-state index contributed by atoms with van der Waals surface area (Å²) in [5.74, 6) is -0.316. The van der Waals surface area contributed by atoms with Crippen molar-refractivity contribution >= 4 is 17.0 Å². The van der Waals surface area contributed by atoms with E-state index in [1.807, 2.05) is 51.1 Å². The van der Waals surface area contributed by atoms with Crippen LogP contribution in [0.1, 0.15) is 33.3 Å². The Kier molecular flexibility index (Phi) is 4.02. The third-order valence-corrected chi connectivity index (χ3v) is 5.17. The Balaban J connectivity index is 2.36. The van der Waals surface area contributed by atoms with Crippen LogP contribution < -0.4 is 0 Å². The van der Waals surface area contributed by atoms with Crippen LogP contribution in [-0.4, -0.2) is 32.4 Å². The number of nitrogens with zero attached hydrogens (tertiary/aromatic N) is 1. The quantitative estimate of drug-likeness (QED) is 0.632. The van der Waals surface area contributed by atoms with Gasteiger partial charge in [-0.15, -0.1) is 0 Å². The second-order valence-electron chi connectivity index (χ2n) is 5.84. The molecule has 3 atom stereocenters. The highest BCUT2D eigenvalue weighted by Gasteiger charge is 2.64. The number of hydrogen-bond donors (Lipinski definition) is 0. The smallest absolute Gasteiger partial charge is 0.333 e. The molecule has 1 aromatic carbocycles. The standard InChI is InChI=1S/C15H21NO3S/c1-5-19-13(17)15(12-9-7-6-8-10-12)11-16(15)20(18)14(2,3)4/h6-10H,5,11H2,1-4H3/t15-,16?,20+/m1/s1. The maximum Gasteiger partial charge on any atom is 0.333 e. The van der Waals surface area contributed by atoms with Gasteiger partial charge in [-0.2, -0.15) is 4.31 Å². The molecule has 1 heterocycles. The molecular formula is C15H21NO3S. The van der Waals surface area contributed by atoms with Gasteiger partial charge in [-0.25, -0.2) is 9.00 Å². The monoisotopic (exact) mass is 295 g/mol. The minimum Gasteiger partial charge on any atom is -0.464 e. The molecule has 0 amide bonds. The van der Waals surface area contributed by atoms with Crippen molar-refractivity contribution in [1.82, 2.24) is 4.31 Å². The van der Waals surface area contributed by atoms with Crippen LogP contribution in [0.15, 0.2) is 30.3 Å². The van der Waals surface area contributed by atoms with Gasteiger partial charge in [0.2, 0.25) is 0 Å². The van der Waals surface area contributed by atoms with E-state index in [0.29, 0.717) is 13.2 Å². The third-order valence-electron chi connectivity index (χ3n) is 3.28. The van der Waals surface area contributed by atoms with Gasteiger partial charge in [-0.05, 0) is 33.3 Å². The van der Waals surface area contributed by atoms with E-state index in [9.17, 15) is 9.00 Å². The predicted molar refractivity (Wildman–Crippen MR) is 79.4 cm³/mol. The number of esters is 1. The highest BCUT2D eigenvalue weighted by molar-refractivity contribution is 7.84. The first kappa shape index (κ1) is 15.2. The summed E-state index contributed by atoms with van der Waals surface area (Å²) < 4.78 is 19.1. The fourth-order valence-electron chi connectivity index (χ4n) is 2.19. The Morgan fingerprint density at radius 1 is 1.35 bits per heavy atom. The lowest BCUT2D eigenvalue weighted by molar-refractivity contribution is -0.147. The average Bonchev–Trinajstić information content (AvgIpc) is 3.14. The van der Waals surface area contributed by atoms with E-state index in [1.165, 1.54) is 0 Å². The lowest BCUT2D eigenvalue weighted by atomic mass is 10.00. The molecular weight excluding hydrogens is 274 g/mol. The van der Waals surface area contributed by atoms with Crippen molar-refractivity contribution in [1.29, 1.82) is 0 Å². The van der Waals surface area contributed by atoms with E-state index >= 15 is 0 Å². The molecule has 1 aromatic rings. The van der Waals surface area contributed by atoms with Crippen LogP contribution in [0.25, 0.3) is 0 Å². The first-order valence-electron chi connectivity index (χ1n) is 6.76. The van der Waals surface area contributed by atoms with Gasteiger partial charge in [-0.3, -0.25) is 0 Å². The highest BCUT2D eigenvalue weighted by Crippen LogP contribution is 2.47. The molecule has 0 aliphatic carbocycles. The maximum atomic E-state index is 12.6. The first-order valence-corrected chi connectivity index (χ1v) is 7.87. The minimum absolute atomic E-state index is 0.316. The fourth-order valence-corrected chi connectivity index (χ4v) is 3.62.